The number of hydrogen-bond donors (Lipinski definition) is 1. The third-order valence-corrected chi connectivity index (χ3v) is 9.16. The van der Waals surface area contributed by atoms with Gasteiger partial charge in [0, 0.05) is 33.2 Å². The molecule has 0 heterocycles. The van der Waals surface area contributed by atoms with Gasteiger partial charge in [0.15, 0.2) is 0 Å². The van der Waals surface area contributed by atoms with Gasteiger partial charge in [-0.2, -0.15) is 5.09 Å². The topological polar surface area (TPSA) is 18.5 Å². The summed E-state index contributed by atoms with van der Waals surface area (Å²) < 4.78 is 3.17. The second-order valence-corrected chi connectivity index (χ2v) is 10.1. The van der Waals surface area contributed by atoms with Crippen molar-refractivity contribution in [2.75, 3.05) is 33.2 Å². The summed E-state index contributed by atoms with van der Waals surface area (Å²) in [5.41, 5.74) is 0. The molecule has 0 aromatic heterocycles. The Morgan fingerprint density at radius 2 is 1.18 bits per heavy atom. The molecular weight excluding hydrogens is 299 g/mol. The lowest BCUT2D eigenvalue weighted by Crippen LogP contribution is -2.47. The van der Waals surface area contributed by atoms with E-state index >= 15 is 0 Å². The van der Waals surface area contributed by atoms with Gasteiger partial charge in [-0.15, -0.1) is 9.34 Å². The minimum Gasteiger partial charge on any atom is -0.160 e. The van der Waals surface area contributed by atoms with E-state index in [0.717, 1.165) is 26.2 Å². The quantitative estimate of drug-likeness (QED) is 0.565. The zero-order valence-corrected chi connectivity index (χ0v) is 14.5. The molecule has 0 saturated heterocycles. The van der Waals surface area contributed by atoms with Crippen molar-refractivity contribution in [1.82, 2.24) is 14.4 Å². The zero-order chi connectivity index (χ0) is 13.7. The molecule has 7 heteroatoms. The molecule has 104 valence electrons. The van der Waals surface area contributed by atoms with Crippen LogP contribution in [0.3, 0.4) is 0 Å². The molecule has 3 nitrogen and oxygen atoms in total. The first-order valence-corrected chi connectivity index (χ1v) is 8.84. The van der Waals surface area contributed by atoms with Gasteiger partial charge in [-0.1, -0.05) is 0 Å². The van der Waals surface area contributed by atoms with Crippen molar-refractivity contribution < 1.29 is 0 Å². The Hall–Kier alpha value is 1.18. The molecule has 0 unspecified atom stereocenters. The molecule has 0 aliphatic rings. The molecule has 0 bridgehead atoms. The monoisotopic (exact) mass is 322 g/mol. The first kappa shape index (κ1) is 18.2. The van der Waals surface area contributed by atoms with E-state index in [1.54, 1.807) is 0 Å². The second kappa shape index (κ2) is 7.69. The summed E-state index contributed by atoms with van der Waals surface area (Å²) >= 11 is 18.9. The van der Waals surface area contributed by atoms with Crippen LogP contribution in [0, 0.1) is 0 Å². The van der Waals surface area contributed by atoms with Gasteiger partial charge in [0.2, 0.25) is 0 Å². The van der Waals surface area contributed by atoms with Crippen LogP contribution in [-0.4, -0.2) is 46.1 Å². The molecule has 0 aliphatic heterocycles. The predicted molar refractivity (Wildman–Crippen MR) is 82.1 cm³/mol. The number of nitrogens with zero attached hydrogens (tertiary/aromatic N) is 2. The van der Waals surface area contributed by atoms with E-state index in [2.05, 4.69) is 42.1 Å². The minimum atomic E-state index is -2.17. The summed E-state index contributed by atoms with van der Waals surface area (Å²) in [4.78, 5) is 0. The first-order valence-electron chi connectivity index (χ1n) is 6.01. The number of alkyl halides is 3. The maximum atomic E-state index is 6.30. The highest BCUT2D eigenvalue weighted by Gasteiger charge is 2.64. The van der Waals surface area contributed by atoms with Crippen molar-refractivity contribution >= 4 is 42.5 Å². The van der Waals surface area contributed by atoms with Crippen LogP contribution in [-0.2, 0) is 0 Å². The Morgan fingerprint density at radius 1 is 0.882 bits per heavy atom. The summed E-state index contributed by atoms with van der Waals surface area (Å²) in [5.74, 6) is 0. The maximum absolute atomic E-state index is 6.30. The molecule has 0 aromatic rings. The first-order chi connectivity index (χ1) is 7.85. The highest BCUT2D eigenvalue weighted by Crippen LogP contribution is 2.74. The van der Waals surface area contributed by atoms with Crippen LogP contribution in [0.1, 0.15) is 27.7 Å². The second-order valence-electron chi connectivity index (χ2n) is 3.57. The van der Waals surface area contributed by atoms with Crippen LogP contribution in [0.5, 0.6) is 0 Å². The van der Waals surface area contributed by atoms with Crippen molar-refractivity contribution in [3.63, 3.8) is 0 Å². The van der Waals surface area contributed by atoms with Crippen LogP contribution in [0.4, 0.5) is 0 Å². The fourth-order valence-corrected chi connectivity index (χ4v) is 8.32. The summed E-state index contributed by atoms with van der Waals surface area (Å²) in [5, 5.41) is 3.33. The molecule has 0 aromatic carbocycles. The summed E-state index contributed by atoms with van der Waals surface area (Å²) in [7, 11) is -0.287. The fourth-order valence-electron chi connectivity index (χ4n) is 2.18. The van der Waals surface area contributed by atoms with E-state index in [1.807, 2.05) is 7.05 Å². The van der Waals surface area contributed by atoms with E-state index in [1.165, 1.54) is 0 Å². The van der Waals surface area contributed by atoms with E-state index in [4.69, 9.17) is 34.8 Å². The predicted octanol–water partition coefficient (Wildman–Crippen LogP) is 3.98. The minimum absolute atomic E-state index is 0.857. The summed E-state index contributed by atoms with van der Waals surface area (Å²) in [6.07, 6.45) is 0. The number of rotatable bonds is 7. The summed E-state index contributed by atoms with van der Waals surface area (Å²) in [6, 6.07) is 0. The van der Waals surface area contributed by atoms with Crippen LogP contribution >= 0.6 is 42.5 Å². The summed E-state index contributed by atoms with van der Waals surface area (Å²) in [6.45, 7) is 11.8. The standard InChI is InChI=1S/C10H24Cl3N3P/c1-6-15(7-2)17(14-5,10(11,12)13)16(8-3)9-4/h14H,6-9H2,1-5H3/q+1. The van der Waals surface area contributed by atoms with Crippen LogP contribution in [0.25, 0.3) is 0 Å². The normalized spacial score (nSPS) is 13.8. The van der Waals surface area contributed by atoms with E-state index < -0.39 is 11.2 Å². The Bertz CT molecular complexity index is 203. The lowest BCUT2D eigenvalue weighted by Gasteiger charge is -2.43. The molecule has 0 atom stereocenters. The Kier molecular flexibility index (Phi) is 8.23. The Morgan fingerprint density at radius 3 is 1.29 bits per heavy atom. The molecule has 0 amide bonds. The van der Waals surface area contributed by atoms with Gasteiger partial charge in [0.25, 0.3) is 7.71 Å². The van der Waals surface area contributed by atoms with Crippen LogP contribution in [0.2, 0.25) is 0 Å². The lowest BCUT2D eigenvalue weighted by atomic mass is 10.7. The van der Waals surface area contributed by atoms with Crippen LogP contribution < -0.4 is 5.09 Å². The molecule has 17 heavy (non-hydrogen) atoms. The Balaban J connectivity index is 5.58. The average molecular weight is 324 g/mol. The van der Waals surface area contributed by atoms with Gasteiger partial charge in [-0.25, -0.2) is 0 Å². The van der Waals surface area contributed by atoms with E-state index in [9.17, 15) is 0 Å². The van der Waals surface area contributed by atoms with E-state index in [-0.39, 0.29) is 0 Å². The molecule has 1 N–H and O–H groups in total. The zero-order valence-electron chi connectivity index (χ0n) is 11.3. The average Bonchev–Trinajstić information content (AvgIpc) is 2.27. The number of halogens is 3. The molecular formula is C10H24Cl3N3P+. The molecule has 0 saturated carbocycles. The van der Waals surface area contributed by atoms with Gasteiger partial charge < -0.3 is 0 Å². The highest BCUT2D eigenvalue weighted by atomic mass is 35.6. The number of nitrogens with one attached hydrogen (secondary N) is 1. The van der Waals surface area contributed by atoms with Crippen LogP contribution in [0.15, 0.2) is 0 Å². The van der Waals surface area contributed by atoms with Crippen molar-refractivity contribution in [3.05, 3.63) is 0 Å². The SMILES string of the molecule is CCN(CC)[P+](NC)(N(CC)CC)C(Cl)(Cl)Cl. The van der Waals surface area contributed by atoms with Crippen molar-refractivity contribution in [1.29, 1.82) is 0 Å². The van der Waals surface area contributed by atoms with Gasteiger partial charge in [-0.05, 0) is 62.5 Å². The van der Waals surface area contributed by atoms with Crippen molar-refractivity contribution in [2.24, 2.45) is 0 Å². The molecule has 0 aliphatic carbocycles. The van der Waals surface area contributed by atoms with E-state index in [0.29, 0.717) is 0 Å². The van der Waals surface area contributed by atoms with Crippen molar-refractivity contribution in [3.8, 4) is 0 Å². The largest absolute Gasteiger partial charge is 0.348 e. The smallest absolute Gasteiger partial charge is 0.160 e. The highest BCUT2D eigenvalue weighted by molar-refractivity contribution is 7.76. The molecule has 0 rings (SSSR count). The maximum Gasteiger partial charge on any atom is 0.348 e. The Labute approximate surface area is 121 Å². The third-order valence-electron chi connectivity index (χ3n) is 2.94. The van der Waals surface area contributed by atoms with Gasteiger partial charge in [0.05, 0.1) is 0 Å². The third kappa shape index (κ3) is 3.60. The number of hydrogen-bond acceptors (Lipinski definition) is 3. The lowest BCUT2D eigenvalue weighted by molar-refractivity contribution is 0.396. The van der Waals surface area contributed by atoms with Gasteiger partial charge in [-0.3, -0.25) is 0 Å². The van der Waals surface area contributed by atoms with Crippen molar-refractivity contribution in [2.45, 2.75) is 31.2 Å². The van der Waals surface area contributed by atoms with Gasteiger partial charge in [0.1, 0.15) is 0 Å². The molecule has 0 radical (unpaired) electrons. The molecule has 0 fully saturated rings. The fraction of sp³-hybridized carbons (Fsp3) is 1.00. The molecule has 0 spiro atoms. The van der Waals surface area contributed by atoms with Gasteiger partial charge >= 0.3 is 3.53 Å².